The first kappa shape index (κ1) is 29.8. The quantitative estimate of drug-likeness (QED) is 0.431. The molecule has 0 saturated carbocycles. The molecule has 0 spiro atoms. The Bertz CT molecular complexity index is 1270. The molecule has 38 heavy (non-hydrogen) atoms. The number of rotatable bonds is 6. The molecule has 9 nitrogen and oxygen atoms in total. The van der Waals surface area contributed by atoms with E-state index < -0.39 is 60.4 Å². The van der Waals surface area contributed by atoms with Gasteiger partial charge in [0.25, 0.3) is 5.91 Å². The van der Waals surface area contributed by atoms with Gasteiger partial charge in [0.15, 0.2) is 23.6 Å². The standard InChI is InChI=1S/C23H21Cl2F3N4O5.CH4/c1-31(13-6-11(24)5-12(25)7-13)23(35)22-21(36-2)19(20(34)17(9-33)37-22)32-8-16(29-30-32)10-3-14(26)18(28)15(27)4-10;/h3-8,17,19-22,33-34H,9H2,1-2H3;1H4/t17-,19+,20+,21-,22-;/m1./s1. The van der Waals surface area contributed by atoms with E-state index in [1.807, 2.05) is 0 Å². The molecule has 1 amide bonds. The fraction of sp³-hybridized carbons (Fsp3) is 0.375. The first-order valence-corrected chi connectivity index (χ1v) is 11.6. The number of aromatic nitrogens is 3. The molecule has 2 aromatic carbocycles. The Hall–Kier alpha value is -2.74. The van der Waals surface area contributed by atoms with Crippen molar-refractivity contribution in [1.82, 2.24) is 15.0 Å². The van der Waals surface area contributed by atoms with Gasteiger partial charge < -0.3 is 24.6 Å². The number of carbonyl (C=O) groups excluding carboxylic acids is 1. The maximum atomic E-state index is 13.7. The van der Waals surface area contributed by atoms with E-state index in [1.165, 1.54) is 43.5 Å². The van der Waals surface area contributed by atoms with Crippen LogP contribution in [-0.2, 0) is 14.3 Å². The van der Waals surface area contributed by atoms with Gasteiger partial charge in [-0.25, -0.2) is 17.9 Å². The maximum absolute atomic E-state index is 13.7. The van der Waals surface area contributed by atoms with Crippen molar-refractivity contribution in [2.75, 3.05) is 25.7 Å². The Kier molecular flexibility index (Phi) is 9.39. The number of hydrogen-bond acceptors (Lipinski definition) is 7. The summed E-state index contributed by atoms with van der Waals surface area (Å²) in [6, 6.07) is 4.88. The van der Waals surface area contributed by atoms with Crippen LogP contribution in [0.4, 0.5) is 18.9 Å². The van der Waals surface area contributed by atoms with E-state index in [0.29, 0.717) is 15.7 Å². The van der Waals surface area contributed by atoms with Gasteiger partial charge in [0.2, 0.25) is 0 Å². The number of anilines is 1. The monoisotopic (exact) mass is 576 g/mol. The second-order valence-corrected chi connectivity index (χ2v) is 9.19. The Morgan fingerprint density at radius 3 is 2.32 bits per heavy atom. The van der Waals surface area contributed by atoms with E-state index in [4.69, 9.17) is 32.7 Å². The zero-order valence-corrected chi connectivity index (χ0v) is 20.9. The van der Waals surface area contributed by atoms with E-state index >= 15 is 0 Å². The fourth-order valence-electron chi connectivity index (χ4n) is 4.17. The molecule has 1 aromatic heterocycles. The van der Waals surface area contributed by atoms with E-state index in [1.54, 1.807) is 0 Å². The predicted molar refractivity (Wildman–Crippen MR) is 134 cm³/mol. The van der Waals surface area contributed by atoms with Crippen molar-refractivity contribution in [2.45, 2.75) is 37.9 Å². The van der Waals surface area contributed by atoms with Crippen LogP contribution in [0.25, 0.3) is 11.3 Å². The van der Waals surface area contributed by atoms with Gasteiger partial charge in [-0.1, -0.05) is 35.8 Å². The number of carbonyl (C=O) groups is 1. The van der Waals surface area contributed by atoms with Crippen molar-refractivity contribution in [2.24, 2.45) is 0 Å². The number of halogens is 5. The second kappa shape index (κ2) is 12.0. The van der Waals surface area contributed by atoms with Crippen LogP contribution in [-0.4, -0.2) is 76.3 Å². The van der Waals surface area contributed by atoms with Gasteiger partial charge in [-0.3, -0.25) is 4.79 Å². The highest BCUT2D eigenvalue weighted by atomic mass is 35.5. The molecular weight excluding hydrogens is 552 g/mol. The first-order chi connectivity index (χ1) is 17.5. The van der Waals surface area contributed by atoms with Crippen molar-refractivity contribution in [3.8, 4) is 11.3 Å². The van der Waals surface area contributed by atoms with Crippen LogP contribution in [0.1, 0.15) is 13.5 Å². The summed E-state index contributed by atoms with van der Waals surface area (Å²) in [5.41, 5.74) is 0.204. The summed E-state index contributed by atoms with van der Waals surface area (Å²) in [6.45, 7) is -0.652. The van der Waals surface area contributed by atoms with Crippen LogP contribution in [0.2, 0.25) is 10.0 Å². The summed E-state index contributed by atoms with van der Waals surface area (Å²) in [5.74, 6) is -5.07. The molecular formula is C24H25Cl2F3N4O5. The highest BCUT2D eigenvalue weighted by Gasteiger charge is 2.50. The van der Waals surface area contributed by atoms with E-state index in [2.05, 4.69) is 10.3 Å². The van der Waals surface area contributed by atoms with Crippen LogP contribution in [0.3, 0.4) is 0 Å². The second-order valence-electron chi connectivity index (χ2n) is 8.32. The molecule has 0 bridgehead atoms. The molecule has 5 atom stereocenters. The van der Waals surface area contributed by atoms with E-state index in [-0.39, 0.29) is 18.7 Å². The van der Waals surface area contributed by atoms with Crippen molar-refractivity contribution < 1.29 is 37.7 Å². The van der Waals surface area contributed by atoms with Gasteiger partial charge in [-0.05, 0) is 30.3 Å². The number of benzene rings is 2. The summed E-state index contributed by atoms with van der Waals surface area (Å²) in [5, 5.41) is 29.1. The minimum atomic E-state index is -1.63. The average molecular weight is 577 g/mol. The fourth-order valence-corrected chi connectivity index (χ4v) is 4.68. The summed E-state index contributed by atoms with van der Waals surface area (Å²) < 4.78 is 53.2. The molecule has 0 unspecified atom stereocenters. The summed E-state index contributed by atoms with van der Waals surface area (Å²) >= 11 is 12.1. The highest BCUT2D eigenvalue weighted by Crippen LogP contribution is 2.35. The summed E-state index contributed by atoms with van der Waals surface area (Å²) in [4.78, 5) is 14.7. The molecule has 4 rings (SSSR count). The van der Waals surface area contributed by atoms with Crippen molar-refractivity contribution >= 4 is 34.8 Å². The lowest BCUT2D eigenvalue weighted by Gasteiger charge is -2.43. The molecule has 206 valence electrons. The molecule has 3 aromatic rings. The van der Waals surface area contributed by atoms with Gasteiger partial charge in [-0.2, -0.15) is 0 Å². The number of nitrogens with zero attached hydrogens (tertiary/aromatic N) is 4. The minimum absolute atomic E-state index is 0. The zero-order valence-electron chi connectivity index (χ0n) is 19.4. The van der Waals surface area contributed by atoms with Gasteiger partial charge in [0, 0.05) is 35.5 Å². The normalized spacial score (nSPS) is 23.1. The van der Waals surface area contributed by atoms with Crippen LogP contribution in [0.5, 0.6) is 0 Å². The summed E-state index contributed by atoms with van der Waals surface area (Å²) in [6.07, 6.45) is -3.91. The van der Waals surface area contributed by atoms with Crippen LogP contribution >= 0.6 is 23.2 Å². The van der Waals surface area contributed by atoms with Gasteiger partial charge in [0.1, 0.15) is 30.0 Å². The number of aliphatic hydroxyl groups excluding tert-OH is 2. The molecule has 1 aliphatic heterocycles. The minimum Gasteiger partial charge on any atom is -0.394 e. The van der Waals surface area contributed by atoms with Gasteiger partial charge in [0.05, 0.1) is 12.8 Å². The molecule has 0 radical (unpaired) electrons. The number of methoxy groups -OCH3 is 1. The first-order valence-electron chi connectivity index (χ1n) is 10.8. The zero-order chi connectivity index (χ0) is 27.0. The lowest BCUT2D eigenvalue weighted by atomic mass is 9.91. The topological polar surface area (TPSA) is 110 Å². The number of likely N-dealkylation sites (N-methyl/N-ethyl adjacent to an activating group) is 1. The van der Waals surface area contributed by atoms with Crippen LogP contribution < -0.4 is 4.90 Å². The molecule has 1 aliphatic rings. The molecule has 2 N–H and O–H groups in total. The third-order valence-corrected chi connectivity index (χ3v) is 6.48. The van der Waals surface area contributed by atoms with E-state index in [9.17, 15) is 28.2 Å². The molecule has 0 aliphatic carbocycles. The van der Waals surface area contributed by atoms with Crippen molar-refractivity contribution in [3.05, 3.63) is 64.0 Å². The number of hydrogen-bond donors (Lipinski definition) is 2. The van der Waals surface area contributed by atoms with Gasteiger partial charge in [-0.15, -0.1) is 5.10 Å². The third kappa shape index (κ3) is 5.65. The maximum Gasteiger partial charge on any atom is 0.258 e. The lowest BCUT2D eigenvalue weighted by molar-refractivity contribution is -0.211. The lowest BCUT2D eigenvalue weighted by Crippen LogP contribution is -2.60. The number of ether oxygens (including phenoxy) is 2. The molecule has 1 saturated heterocycles. The third-order valence-electron chi connectivity index (χ3n) is 6.04. The smallest absolute Gasteiger partial charge is 0.258 e. The Morgan fingerprint density at radius 2 is 1.76 bits per heavy atom. The SMILES string of the molecule is C.CO[C@@H]1[C@@H](n2cc(-c3cc(F)c(F)c(F)c3)nn2)[C@@H](O)[C@@H](CO)O[C@H]1C(=O)N(C)c1cc(Cl)cc(Cl)c1. The Balaban J connectivity index is 0.00000400. The van der Waals surface area contributed by atoms with Gasteiger partial charge >= 0.3 is 0 Å². The average Bonchev–Trinajstić information content (AvgIpc) is 3.35. The predicted octanol–water partition coefficient (Wildman–Crippen LogP) is 3.65. The van der Waals surface area contributed by atoms with Crippen molar-refractivity contribution in [1.29, 1.82) is 0 Å². The van der Waals surface area contributed by atoms with Crippen molar-refractivity contribution in [3.63, 3.8) is 0 Å². The summed E-state index contributed by atoms with van der Waals surface area (Å²) in [7, 11) is 2.74. The number of amides is 1. The Morgan fingerprint density at radius 1 is 1.16 bits per heavy atom. The number of aliphatic hydroxyl groups is 2. The van der Waals surface area contributed by atoms with Crippen LogP contribution in [0.15, 0.2) is 36.5 Å². The molecule has 1 fully saturated rings. The highest BCUT2D eigenvalue weighted by molar-refractivity contribution is 6.35. The largest absolute Gasteiger partial charge is 0.394 e. The molecule has 14 heteroatoms. The van der Waals surface area contributed by atoms with Crippen LogP contribution in [0, 0.1) is 17.5 Å². The van der Waals surface area contributed by atoms with E-state index in [0.717, 1.165) is 16.8 Å². The molecule has 2 heterocycles. The Labute approximate surface area is 226 Å².